The summed E-state index contributed by atoms with van der Waals surface area (Å²) in [6.07, 6.45) is -3.25. The van der Waals surface area contributed by atoms with Gasteiger partial charge in [-0.15, -0.1) is 0 Å². The second-order valence-electron chi connectivity index (χ2n) is 6.17. The molecule has 2 saturated heterocycles. The first-order valence-corrected chi connectivity index (χ1v) is 14.0. The van der Waals surface area contributed by atoms with Crippen LogP contribution in [-0.2, 0) is 31.8 Å². The van der Waals surface area contributed by atoms with Gasteiger partial charge in [-0.3, -0.25) is 15.0 Å². The number of hydrogen-bond acceptors (Lipinski definition) is 10. The van der Waals surface area contributed by atoms with Gasteiger partial charge in [0.15, 0.2) is 0 Å². The molecule has 6 atom stereocenters. The first-order chi connectivity index (χ1) is 13.1. The topological polar surface area (TPSA) is 229 Å². The molecule has 2 rings (SSSR count). The number of nitrogens with zero attached hydrogens (tertiary/aromatic N) is 1. The molecule has 2 heterocycles. The van der Waals surface area contributed by atoms with Crippen LogP contribution in [0, 0.1) is 5.92 Å². The van der Waals surface area contributed by atoms with Crippen LogP contribution in [0.15, 0.2) is 0 Å². The third kappa shape index (κ3) is 7.39. The van der Waals surface area contributed by atoms with Gasteiger partial charge in [0.05, 0.1) is 18.1 Å². The number of carbonyl (C=O) groups is 2. The smallest absolute Gasteiger partial charge is 0.390 e. The minimum Gasteiger partial charge on any atom is -0.390 e. The van der Waals surface area contributed by atoms with Crippen LogP contribution in [-0.4, -0.2) is 72.3 Å². The molecule has 2 aliphatic heterocycles. The number of aliphatic hydroxyl groups excluding tert-OH is 1. The SMILES string of the molecule is CC1CN([C@H]2C[C@H](O)[C@@H](CSP(=O)(O)OP(=O)(O)OP(=O)(O)O)O2)C(=O)NC1=O. The molecule has 168 valence electrons. The number of phosphoric acid groups is 2. The summed E-state index contributed by atoms with van der Waals surface area (Å²) in [5, 5.41) is 12.2. The molecule has 0 bridgehead atoms. The molecule has 0 aliphatic carbocycles. The summed E-state index contributed by atoms with van der Waals surface area (Å²) in [4.78, 5) is 60.3. The van der Waals surface area contributed by atoms with E-state index >= 15 is 0 Å². The average Bonchev–Trinajstić information content (AvgIpc) is 2.86. The van der Waals surface area contributed by atoms with Gasteiger partial charge in [0.2, 0.25) is 5.91 Å². The van der Waals surface area contributed by atoms with Gasteiger partial charge in [-0.1, -0.05) is 6.92 Å². The van der Waals surface area contributed by atoms with Crippen molar-refractivity contribution in [3.63, 3.8) is 0 Å². The quantitative estimate of drug-likeness (QED) is 0.235. The van der Waals surface area contributed by atoms with Gasteiger partial charge in [-0.2, -0.15) is 8.62 Å². The molecular weight excluding hydrogens is 481 g/mol. The van der Waals surface area contributed by atoms with Crippen LogP contribution >= 0.6 is 33.8 Å². The van der Waals surface area contributed by atoms with Gasteiger partial charge in [0, 0.05) is 18.7 Å². The number of imide groups is 1. The van der Waals surface area contributed by atoms with Crippen LogP contribution in [0.5, 0.6) is 0 Å². The van der Waals surface area contributed by atoms with Crippen molar-refractivity contribution in [2.45, 2.75) is 31.8 Å². The number of ether oxygens (including phenoxy) is 1. The van der Waals surface area contributed by atoms with Crippen LogP contribution < -0.4 is 5.32 Å². The lowest BCUT2D eigenvalue weighted by Gasteiger charge is -2.34. The Bertz CT molecular complexity index is 804. The number of nitrogens with one attached hydrogen (secondary N) is 1. The Kier molecular flexibility index (Phi) is 7.76. The number of aliphatic hydroxyl groups is 1. The van der Waals surface area contributed by atoms with Crippen LogP contribution in [0.25, 0.3) is 0 Å². The van der Waals surface area contributed by atoms with E-state index in [0.29, 0.717) is 0 Å². The highest BCUT2D eigenvalue weighted by atomic mass is 32.7. The summed E-state index contributed by atoms with van der Waals surface area (Å²) in [6.45, 7) is -3.33. The van der Waals surface area contributed by atoms with Crippen molar-refractivity contribution in [3.05, 3.63) is 0 Å². The number of amides is 3. The van der Waals surface area contributed by atoms with E-state index < -0.39 is 64.5 Å². The van der Waals surface area contributed by atoms with E-state index in [1.165, 1.54) is 4.90 Å². The Morgan fingerprint density at radius 1 is 1.21 bits per heavy atom. The highest BCUT2D eigenvalue weighted by molar-refractivity contribution is 8.55. The molecule has 0 saturated carbocycles. The third-order valence-corrected chi connectivity index (χ3v) is 9.94. The van der Waals surface area contributed by atoms with E-state index in [1.54, 1.807) is 6.92 Å². The minimum absolute atomic E-state index is 0.0386. The van der Waals surface area contributed by atoms with Crippen LogP contribution in [0.4, 0.5) is 4.79 Å². The molecule has 3 amide bonds. The molecule has 3 unspecified atom stereocenters. The van der Waals surface area contributed by atoms with Gasteiger partial charge in [0.25, 0.3) is 0 Å². The molecule has 0 spiro atoms. The fraction of sp³-hybridized carbons (Fsp3) is 0.800. The normalized spacial score (nSPS) is 32.6. The van der Waals surface area contributed by atoms with Crippen molar-refractivity contribution >= 4 is 45.8 Å². The maximum atomic E-state index is 11.9. The second kappa shape index (κ2) is 9.03. The van der Waals surface area contributed by atoms with Gasteiger partial charge >= 0.3 is 28.5 Å². The zero-order valence-corrected chi connectivity index (χ0v) is 18.1. The molecule has 6 N–H and O–H groups in total. The Hall–Kier alpha value is -0.340. The fourth-order valence-electron chi connectivity index (χ4n) is 2.54. The fourth-order valence-corrected chi connectivity index (χ4v) is 8.06. The Labute approximate surface area is 167 Å². The predicted octanol–water partition coefficient (Wildman–Crippen LogP) is -0.290. The van der Waals surface area contributed by atoms with E-state index in [0.717, 1.165) is 0 Å². The van der Waals surface area contributed by atoms with E-state index in [2.05, 4.69) is 13.9 Å². The van der Waals surface area contributed by atoms with Crippen molar-refractivity contribution < 1.29 is 61.3 Å². The lowest BCUT2D eigenvalue weighted by Crippen LogP contribution is -2.57. The van der Waals surface area contributed by atoms with Crippen LogP contribution in [0.1, 0.15) is 13.3 Å². The standard InChI is InChI=1S/C10H19N2O13P3S/c1-5-3-12(10(15)11-9(5)14)8-2-6(13)7(23-8)4-29-28(21,22)25-27(19,20)24-26(16,17)18/h5-8,13H,2-4H2,1H3,(H,19,20)(H,21,22)(H,11,14,15)(H2,16,17,18)/t5?,6-,7+,8+/m0/s1. The van der Waals surface area contributed by atoms with Gasteiger partial charge in [-0.25, -0.2) is 18.5 Å². The maximum Gasteiger partial charge on any atom is 0.488 e. The lowest BCUT2D eigenvalue weighted by atomic mass is 10.1. The number of urea groups is 1. The lowest BCUT2D eigenvalue weighted by molar-refractivity contribution is -0.127. The van der Waals surface area contributed by atoms with Crippen molar-refractivity contribution in [3.8, 4) is 0 Å². The largest absolute Gasteiger partial charge is 0.488 e. The van der Waals surface area contributed by atoms with E-state index in [-0.39, 0.29) is 24.3 Å². The number of rotatable bonds is 8. The summed E-state index contributed by atoms with van der Waals surface area (Å²) in [5.74, 6) is -1.41. The van der Waals surface area contributed by atoms with Crippen molar-refractivity contribution in [1.29, 1.82) is 0 Å². The molecule has 2 fully saturated rings. The summed E-state index contributed by atoms with van der Waals surface area (Å²) in [5.41, 5.74) is 0. The van der Waals surface area contributed by atoms with E-state index in [1.807, 2.05) is 0 Å². The van der Waals surface area contributed by atoms with Gasteiger partial charge in [0.1, 0.15) is 6.23 Å². The highest BCUT2D eigenvalue weighted by Gasteiger charge is 2.44. The van der Waals surface area contributed by atoms with E-state index in [4.69, 9.17) is 19.4 Å². The van der Waals surface area contributed by atoms with Gasteiger partial charge in [-0.05, 0) is 11.4 Å². The number of hydrogen-bond donors (Lipinski definition) is 6. The second-order valence-corrected chi connectivity index (χ2v) is 13.1. The molecule has 2 aliphatic rings. The Morgan fingerprint density at radius 2 is 1.83 bits per heavy atom. The average molecular weight is 500 g/mol. The van der Waals surface area contributed by atoms with Crippen LogP contribution in [0.3, 0.4) is 0 Å². The molecule has 0 aromatic carbocycles. The molecule has 0 aromatic heterocycles. The van der Waals surface area contributed by atoms with Crippen LogP contribution in [0.2, 0.25) is 0 Å². The maximum absolute atomic E-state index is 11.9. The molecule has 0 radical (unpaired) electrons. The first kappa shape index (κ1) is 24.9. The van der Waals surface area contributed by atoms with Gasteiger partial charge < -0.3 is 29.4 Å². The van der Waals surface area contributed by atoms with Crippen molar-refractivity contribution in [2.24, 2.45) is 5.92 Å². The minimum atomic E-state index is -5.56. The summed E-state index contributed by atoms with van der Waals surface area (Å²) < 4.78 is 46.6. The first-order valence-electron chi connectivity index (χ1n) is 7.82. The molecule has 19 heteroatoms. The summed E-state index contributed by atoms with van der Waals surface area (Å²) >= 11 is 0.0485. The van der Waals surface area contributed by atoms with Crippen molar-refractivity contribution in [1.82, 2.24) is 10.2 Å². The molecular formula is C10H19N2O13P3S. The third-order valence-electron chi connectivity index (χ3n) is 3.78. The Morgan fingerprint density at radius 3 is 2.41 bits per heavy atom. The zero-order valence-electron chi connectivity index (χ0n) is 14.6. The summed E-state index contributed by atoms with van der Waals surface area (Å²) in [7, 11) is -11.0. The highest BCUT2D eigenvalue weighted by Crippen LogP contribution is 2.70. The molecule has 15 nitrogen and oxygen atoms in total. The number of carbonyl (C=O) groups excluding carboxylic acids is 2. The van der Waals surface area contributed by atoms with Crippen molar-refractivity contribution in [2.75, 3.05) is 12.3 Å². The predicted molar refractivity (Wildman–Crippen MR) is 95.0 cm³/mol. The molecule has 29 heavy (non-hydrogen) atoms. The van der Waals surface area contributed by atoms with E-state index in [9.17, 15) is 33.3 Å². The monoisotopic (exact) mass is 500 g/mol. The summed E-state index contributed by atoms with van der Waals surface area (Å²) in [6, 6.07) is -0.717. The zero-order chi connectivity index (χ0) is 22.2. The Balaban J connectivity index is 1.93. The molecule has 0 aromatic rings.